The molecule has 144 valence electrons. The SMILES string of the molecule is CCS(=O)(=O)c1ccc(C(N)=O)c(Cl)c1-c1ccc(Cl)c(-c2ccccn2)c1. The fraction of sp³-hybridized carbons (Fsp3) is 0.100. The summed E-state index contributed by atoms with van der Waals surface area (Å²) in [5.41, 5.74) is 7.38. The third-order valence-corrected chi connectivity index (χ3v) is 6.77. The van der Waals surface area contributed by atoms with Crippen LogP contribution in [0.25, 0.3) is 22.4 Å². The fourth-order valence-electron chi connectivity index (χ4n) is 2.83. The van der Waals surface area contributed by atoms with E-state index in [9.17, 15) is 13.2 Å². The van der Waals surface area contributed by atoms with E-state index in [1.54, 1.807) is 36.5 Å². The predicted molar refractivity (Wildman–Crippen MR) is 111 cm³/mol. The molecule has 0 fully saturated rings. The highest BCUT2D eigenvalue weighted by molar-refractivity contribution is 7.91. The molecule has 2 N–H and O–H groups in total. The number of hydrogen-bond donors (Lipinski definition) is 1. The summed E-state index contributed by atoms with van der Waals surface area (Å²) in [5, 5.41) is 0.431. The molecule has 1 amide bonds. The molecule has 0 aliphatic carbocycles. The summed E-state index contributed by atoms with van der Waals surface area (Å²) in [6, 6.07) is 13.0. The third kappa shape index (κ3) is 3.76. The molecular weight excluding hydrogens is 419 g/mol. The summed E-state index contributed by atoms with van der Waals surface area (Å²) in [4.78, 5) is 16.1. The van der Waals surface area contributed by atoms with Crippen molar-refractivity contribution in [2.24, 2.45) is 5.73 Å². The lowest BCUT2D eigenvalue weighted by molar-refractivity contribution is 0.100. The van der Waals surface area contributed by atoms with E-state index in [-0.39, 0.29) is 26.8 Å². The van der Waals surface area contributed by atoms with Gasteiger partial charge in [0.05, 0.1) is 26.9 Å². The van der Waals surface area contributed by atoms with Crippen molar-refractivity contribution in [3.8, 4) is 22.4 Å². The van der Waals surface area contributed by atoms with Crippen LogP contribution in [-0.2, 0) is 9.84 Å². The van der Waals surface area contributed by atoms with Crippen LogP contribution in [-0.4, -0.2) is 25.1 Å². The molecule has 1 heterocycles. The van der Waals surface area contributed by atoms with Crippen LogP contribution in [0.2, 0.25) is 10.0 Å². The molecule has 0 unspecified atom stereocenters. The fourth-order valence-corrected chi connectivity index (χ4v) is 4.59. The van der Waals surface area contributed by atoms with Crippen LogP contribution in [0.1, 0.15) is 17.3 Å². The van der Waals surface area contributed by atoms with Crippen LogP contribution >= 0.6 is 23.2 Å². The summed E-state index contributed by atoms with van der Waals surface area (Å²) in [5.74, 6) is -0.863. The molecule has 5 nitrogen and oxygen atoms in total. The number of benzene rings is 2. The van der Waals surface area contributed by atoms with Crippen LogP contribution in [0.5, 0.6) is 0 Å². The minimum Gasteiger partial charge on any atom is -0.366 e. The molecular formula is C20H16Cl2N2O3S. The lowest BCUT2D eigenvalue weighted by Crippen LogP contribution is -2.14. The van der Waals surface area contributed by atoms with E-state index in [1.165, 1.54) is 19.1 Å². The van der Waals surface area contributed by atoms with Gasteiger partial charge >= 0.3 is 0 Å². The second-order valence-electron chi connectivity index (χ2n) is 5.98. The van der Waals surface area contributed by atoms with Gasteiger partial charge in [-0.1, -0.05) is 42.3 Å². The van der Waals surface area contributed by atoms with E-state index in [0.29, 0.717) is 21.8 Å². The molecule has 8 heteroatoms. The lowest BCUT2D eigenvalue weighted by Gasteiger charge is -2.15. The monoisotopic (exact) mass is 434 g/mol. The van der Waals surface area contributed by atoms with Gasteiger partial charge < -0.3 is 5.73 Å². The summed E-state index contributed by atoms with van der Waals surface area (Å²) >= 11 is 12.8. The average Bonchev–Trinajstić information content (AvgIpc) is 2.68. The number of rotatable bonds is 5. The van der Waals surface area contributed by atoms with Gasteiger partial charge in [-0.3, -0.25) is 9.78 Å². The Bertz CT molecular complexity index is 1160. The summed E-state index contributed by atoms with van der Waals surface area (Å²) in [7, 11) is -3.61. The van der Waals surface area contributed by atoms with Gasteiger partial charge in [0.15, 0.2) is 9.84 Å². The van der Waals surface area contributed by atoms with Crippen molar-refractivity contribution in [2.45, 2.75) is 11.8 Å². The highest BCUT2D eigenvalue weighted by atomic mass is 35.5. The Morgan fingerprint density at radius 1 is 1.11 bits per heavy atom. The number of nitrogens with zero attached hydrogens (tertiary/aromatic N) is 1. The van der Waals surface area contributed by atoms with E-state index in [4.69, 9.17) is 28.9 Å². The zero-order valence-electron chi connectivity index (χ0n) is 14.8. The largest absolute Gasteiger partial charge is 0.366 e. The molecule has 1 aromatic heterocycles. The van der Waals surface area contributed by atoms with Crippen LogP contribution < -0.4 is 5.73 Å². The Labute approximate surface area is 173 Å². The Balaban J connectivity index is 2.34. The molecule has 0 aliphatic heterocycles. The number of amides is 1. The van der Waals surface area contributed by atoms with Crippen molar-refractivity contribution in [1.29, 1.82) is 0 Å². The Kier molecular flexibility index (Phi) is 5.74. The normalized spacial score (nSPS) is 11.4. The van der Waals surface area contributed by atoms with Gasteiger partial charge in [-0.15, -0.1) is 0 Å². The number of carbonyl (C=O) groups excluding carboxylic acids is 1. The van der Waals surface area contributed by atoms with Gasteiger partial charge in [-0.05, 0) is 42.0 Å². The van der Waals surface area contributed by atoms with E-state index < -0.39 is 15.7 Å². The first kappa shape index (κ1) is 20.3. The molecule has 3 aromatic rings. The lowest BCUT2D eigenvalue weighted by atomic mass is 9.99. The summed E-state index contributed by atoms with van der Waals surface area (Å²) < 4.78 is 25.3. The van der Waals surface area contributed by atoms with Crippen LogP contribution in [0.3, 0.4) is 0 Å². The van der Waals surface area contributed by atoms with Crippen molar-refractivity contribution in [1.82, 2.24) is 4.98 Å². The first-order valence-corrected chi connectivity index (χ1v) is 10.7. The van der Waals surface area contributed by atoms with Gasteiger partial charge in [-0.2, -0.15) is 0 Å². The smallest absolute Gasteiger partial charge is 0.250 e. The number of carbonyl (C=O) groups is 1. The quantitative estimate of drug-likeness (QED) is 0.634. The third-order valence-electron chi connectivity index (χ3n) is 4.28. The second kappa shape index (κ2) is 7.91. The highest BCUT2D eigenvalue weighted by Gasteiger charge is 2.24. The van der Waals surface area contributed by atoms with Gasteiger partial charge in [0.1, 0.15) is 0 Å². The van der Waals surface area contributed by atoms with Gasteiger partial charge in [0, 0.05) is 22.3 Å². The molecule has 0 saturated heterocycles. The molecule has 0 saturated carbocycles. The first-order chi connectivity index (χ1) is 13.3. The van der Waals surface area contributed by atoms with Crippen molar-refractivity contribution in [3.05, 3.63) is 70.3 Å². The molecule has 0 atom stereocenters. The van der Waals surface area contributed by atoms with Crippen LogP contribution in [0, 0.1) is 0 Å². The number of sulfone groups is 1. The van der Waals surface area contributed by atoms with Crippen molar-refractivity contribution < 1.29 is 13.2 Å². The molecule has 2 aromatic carbocycles. The molecule has 28 heavy (non-hydrogen) atoms. The minimum atomic E-state index is -3.61. The van der Waals surface area contributed by atoms with E-state index in [1.807, 2.05) is 6.07 Å². The molecule has 0 bridgehead atoms. The first-order valence-electron chi connectivity index (χ1n) is 8.32. The number of aromatic nitrogens is 1. The summed E-state index contributed by atoms with van der Waals surface area (Å²) in [6.45, 7) is 1.54. The predicted octanol–water partition coefficient (Wildman–Crippen LogP) is 4.61. The molecule has 3 rings (SSSR count). The Hall–Kier alpha value is -2.41. The zero-order chi connectivity index (χ0) is 20.5. The van der Waals surface area contributed by atoms with Crippen molar-refractivity contribution in [2.75, 3.05) is 5.75 Å². The van der Waals surface area contributed by atoms with Crippen molar-refractivity contribution >= 4 is 38.9 Å². The van der Waals surface area contributed by atoms with E-state index >= 15 is 0 Å². The second-order valence-corrected chi connectivity index (χ2v) is 9.01. The van der Waals surface area contributed by atoms with Crippen molar-refractivity contribution in [3.63, 3.8) is 0 Å². The zero-order valence-corrected chi connectivity index (χ0v) is 17.1. The Morgan fingerprint density at radius 3 is 2.46 bits per heavy atom. The van der Waals surface area contributed by atoms with E-state index in [2.05, 4.69) is 4.98 Å². The maximum absolute atomic E-state index is 12.6. The highest BCUT2D eigenvalue weighted by Crippen LogP contribution is 2.40. The average molecular weight is 435 g/mol. The number of hydrogen-bond acceptors (Lipinski definition) is 4. The maximum Gasteiger partial charge on any atom is 0.250 e. The minimum absolute atomic E-state index is 0.0173. The molecule has 0 aliphatic rings. The van der Waals surface area contributed by atoms with Gasteiger partial charge in [-0.25, -0.2) is 8.42 Å². The number of halogens is 2. The van der Waals surface area contributed by atoms with Gasteiger partial charge in [0.2, 0.25) is 5.91 Å². The standard InChI is InChI=1S/C20H16Cl2N2O3S/c1-2-28(26,27)17-9-7-13(20(23)25)19(22)18(17)12-6-8-15(21)14(11-12)16-5-3-4-10-24-16/h3-11H,2H2,1H3,(H2,23,25). The van der Waals surface area contributed by atoms with Crippen LogP contribution in [0.15, 0.2) is 59.6 Å². The van der Waals surface area contributed by atoms with Gasteiger partial charge in [0.25, 0.3) is 0 Å². The Morgan fingerprint density at radius 2 is 1.86 bits per heavy atom. The summed E-state index contributed by atoms with van der Waals surface area (Å²) in [6.07, 6.45) is 1.63. The van der Waals surface area contributed by atoms with E-state index in [0.717, 1.165) is 0 Å². The number of pyridine rings is 1. The molecule has 0 spiro atoms. The maximum atomic E-state index is 12.6. The number of primary amides is 1. The topological polar surface area (TPSA) is 90.1 Å². The number of nitrogens with two attached hydrogens (primary N) is 1. The molecule has 0 radical (unpaired) electrons. The van der Waals surface area contributed by atoms with Crippen LogP contribution in [0.4, 0.5) is 0 Å².